The minimum atomic E-state index is -4.03. The zero-order valence-corrected chi connectivity index (χ0v) is 35.8. The van der Waals surface area contributed by atoms with E-state index in [0.29, 0.717) is 38.8 Å². The van der Waals surface area contributed by atoms with Gasteiger partial charge in [-0.15, -0.1) is 0 Å². The molecule has 0 amide bonds. The molecule has 2 heterocycles. The van der Waals surface area contributed by atoms with Crippen LogP contribution in [0.4, 0.5) is 5.69 Å². The van der Waals surface area contributed by atoms with Crippen LogP contribution in [0.2, 0.25) is 0 Å². The maximum atomic E-state index is 11.5. The SMILES string of the molecule is CC1(C)/C(=C\C=C2/CCCC(/C=C/C3N(CCCCS(=O)(=O)O)C4C=Cc5ccccc5C4C3(C)C)=C2Cl)N(CCCCS(=O)(=O)O)c2ccc3ccccc3c21. The Morgan fingerprint density at radius 2 is 1.51 bits per heavy atom. The largest absolute Gasteiger partial charge is 0.344 e. The van der Waals surface area contributed by atoms with Gasteiger partial charge in [-0.05, 0) is 108 Å². The molecule has 0 spiro atoms. The van der Waals surface area contributed by atoms with Gasteiger partial charge in [0.25, 0.3) is 20.2 Å². The molecule has 3 atom stereocenters. The number of nitrogens with zero attached hydrogens (tertiary/aromatic N) is 2. The van der Waals surface area contributed by atoms with Crippen LogP contribution < -0.4 is 4.90 Å². The maximum absolute atomic E-state index is 11.5. The molecule has 1 saturated heterocycles. The second kappa shape index (κ2) is 16.3. The molecule has 0 bridgehead atoms. The summed E-state index contributed by atoms with van der Waals surface area (Å²) in [6, 6.07) is 21.5. The highest BCUT2D eigenvalue weighted by Crippen LogP contribution is 2.55. The third kappa shape index (κ3) is 8.63. The van der Waals surface area contributed by atoms with Crippen molar-refractivity contribution in [3.8, 4) is 0 Å². The zero-order chi connectivity index (χ0) is 40.8. The van der Waals surface area contributed by atoms with E-state index < -0.39 is 20.2 Å². The smallest absolute Gasteiger partial charge is 0.264 e. The van der Waals surface area contributed by atoms with Gasteiger partial charge in [0, 0.05) is 46.4 Å². The van der Waals surface area contributed by atoms with E-state index in [4.69, 9.17) is 11.6 Å². The first-order valence-electron chi connectivity index (χ1n) is 20.2. The Bertz CT molecular complexity index is 2410. The van der Waals surface area contributed by atoms with Crippen molar-refractivity contribution in [3.63, 3.8) is 0 Å². The van der Waals surface area contributed by atoms with Gasteiger partial charge < -0.3 is 4.90 Å². The standard InChI is InChI=1S/C46H55ClN2O6S2/c1-45(2)40(48(28-9-11-30-56(50,51)52)38-24-20-32-14-5-7-18-36(32)42(38)45)26-22-34-16-13-17-35(44(34)47)23-27-41-46(3,4)43-37-19-8-6-15-33(37)21-25-39(43)49(41)29-10-12-31-57(53,54)55/h5-8,14-15,18-27,38,40,42H,9-13,16-17,28-31H2,1-4H3,(H,50,51,52)(H,53,54,55)/b26-22+,35-23+,41-27+. The molecule has 2 aliphatic heterocycles. The van der Waals surface area contributed by atoms with Gasteiger partial charge in [0.05, 0.1) is 11.5 Å². The molecule has 7 rings (SSSR count). The predicted molar refractivity (Wildman–Crippen MR) is 234 cm³/mol. The van der Waals surface area contributed by atoms with Gasteiger partial charge in [-0.1, -0.05) is 124 Å². The Hall–Kier alpha value is -3.51. The molecule has 8 nitrogen and oxygen atoms in total. The van der Waals surface area contributed by atoms with E-state index in [0.717, 1.165) is 46.8 Å². The Labute approximate surface area is 344 Å². The van der Waals surface area contributed by atoms with Crippen molar-refractivity contribution in [1.29, 1.82) is 0 Å². The van der Waals surface area contributed by atoms with E-state index in [-0.39, 0.29) is 40.3 Å². The molecule has 0 saturated carbocycles. The second-order valence-corrected chi connectivity index (χ2v) is 20.7. The summed E-state index contributed by atoms with van der Waals surface area (Å²) < 4.78 is 64.8. The maximum Gasteiger partial charge on any atom is 0.264 e. The summed E-state index contributed by atoms with van der Waals surface area (Å²) in [5.74, 6) is -0.249. The van der Waals surface area contributed by atoms with Crippen molar-refractivity contribution in [2.24, 2.45) is 5.41 Å². The molecule has 0 aromatic heterocycles. The molecule has 57 heavy (non-hydrogen) atoms. The number of halogens is 1. The van der Waals surface area contributed by atoms with E-state index in [2.05, 4.69) is 135 Å². The summed E-state index contributed by atoms with van der Waals surface area (Å²) in [4.78, 5) is 4.81. The highest BCUT2D eigenvalue weighted by atomic mass is 35.5. The number of likely N-dealkylation sites (tertiary alicyclic amines) is 1. The third-order valence-corrected chi connectivity index (χ3v) is 14.8. The van der Waals surface area contributed by atoms with Crippen LogP contribution >= 0.6 is 11.6 Å². The van der Waals surface area contributed by atoms with Crippen LogP contribution in [0.15, 0.2) is 113 Å². The molecule has 11 heteroatoms. The van der Waals surface area contributed by atoms with Crippen molar-refractivity contribution < 1.29 is 25.9 Å². The lowest BCUT2D eigenvalue weighted by molar-refractivity contribution is 0.203. The molecule has 1 fully saturated rings. The van der Waals surface area contributed by atoms with Crippen LogP contribution in [0.25, 0.3) is 16.8 Å². The van der Waals surface area contributed by atoms with Gasteiger partial charge in [0.2, 0.25) is 0 Å². The number of fused-ring (bicyclic) bond motifs is 6. The number of benzene rings is 3. The average molecular weight is 832 g/mol. The quantitative estimate of drug-likeness (QED) is 0.129. The lowest BCUT2D eigenvalue weighted by atomic mass is 9.68. The lowest BCUT2D eigenvalue weighted by Crippen LogP contribution is -2.38. The minimum absolute atomic E-state index is 0.0597. The summed E-state index contributed by atoms with van der Waals surface area (Å²) in [6.07, 6.45) is 18.1. The van der Waals surface area contributed by atoms with E-state index in [1.54, 1.807) is 0 Å². The van der Waals surface area contributed by atoms with Crippen LogP contribution in [-0.2, 0) is 25.7 Å². The highest BCUT2D eigenvalue weighted by Gasteiger charge is 2.53. The van der Waals surface area contributed by atoms with Crippen molar-refractivity contribution in [2.75, 3.05) is 29.5 Å². The van der Waals surface area contributed by atoms with Gasteiger partial charge >= 0.3 is 0 Å². The lowest BCUT2D eigenvalue weighted by Gasteiger charge is -2.34. The van der Waals surface area contributed by atoms with Gasteiger partial charge in [-0.25, -0.2) is 0 Å². The molecule has 3 aromatic carbocycles. The summed E-state index contributed by atoms with van der Waals surface area (Å²) in [7, 11) is -8.05. The molecular formula is C46H55ClN2O6S2. The Kier molecular flexibility index (Phi) is 11.9. The van der Waals surface area contributed by atoms with Crippen LogP contribution in [0, 0.1) is 5.41 Å². The van der Waals surface area contributed by atoms with Crippen molar-refractivity contribution >= 4 is 54.4 Å². The number of hydrogen-bond donors (Lipinski definition) is 2. The molecule has 2 aliphatic carbocycles. The molecule has 3 unspecified atom stereocenters. The zero-order valence-electron chi connectivity index (χ0n) is 33.4. The van der Waals surface area contributed by atoms with Crippen LogP contribution in [0.1, 0.15) is 95.2 Å². The van der Waals surface area contributed by atoms with E-state index in [1.807, 2.05) is 0 Å². The number of anilines is 1. The molecule has 2 N–H and O–H groups in total. The monoisotopic (exact) mass is 830 g/mol. The Morgan fingerprint density at radius 3 is 2.25 bits per heavy atom. The first-order valence-corrected chi connectivity index (χ1v) is 23.8. The molecule has 0 radical (unpaired) electrons. The van der Waals surface area contributed by atoms with Crippen molar-refractivity contribution in [2.45, 2.75) is 96.1 Å². The third-order valence-electron chi connectivity index (χ3n) is 12.7. The fraction of sp³-hybridized carbons (Fsp3) is 0.435. The highest BCUT2D eigenvalue weighted by molar-refractivity contribution is 7.86. The number of rotatable bonds is 13. The first kappa shape index (κ1) is 41.6. The molecule has 4 aliphatic rings. The molecule has 3 aromatic rings. The number of allylic oxidation sites excluding steroid dienone is 7. The van der Waals surface area contributed by atoms with Gasteiger partial charge in [-0.3, -0.25) is 14.0 Å². The predicted octanol–water partition coefficient (Wildman–Crippen LogP) is 10.2. The van der Waals surface area contributed by atoms with Gasteiger partial charge in [0.15, 0.2) is 0 Å². The average Bonchev–Trinajstić information content (AvgIpc) is 3.51. The van der Waals surface area contributed by atoms with E-state index in [1.165, 1.54) is 27.5 Å². The second-order valence-electron chi connectivity index (χ2n) is 17.2. The summed E-state index contributed by atoms with van der Waals surface area (Å²) in [6.45, 7) is 10.5. The molecular weight excluding hydrogens is 776 g/mol. The molecule has 304 valence electrons. The topological polar surface area (TPSA) is 115 Å². The first-order chi connectivity index (χ1) is 27.0. The van der Waals surface area contributed by atoms with E-state index in [9.17, 15) is 25.9 Å². The van der Waals surface area contributed by atoms with Crippen LogP contribution in [-0.4, -0.2) is 67.5 Å². The van der Waals surface area contributed by atoms with Crippen LogP contribution in [0.5, 0.6) is 0 Å². The fourth-order valence-electron chi connectivity index (χ4n) is 10.0. The fourth-order valence-corrected chi connectivity index (χ4v) is 11.5. The number of hydrogen-bond acceptors (Lipinski definition) is 6. The van der Waals surface area contributed by atoms with Crippen molar-refractivity contribution in [1.82, 2.24) is 4.90 Å². The normalized spacial score (nSPS) is 24.5. The van der Waals surface area contributed by atoms with E-state index >= 15 is 0 Å². The Morgan fingerprint density at radius 1 is 0.825 bits per heavy atom. The van der Waals surface area contributed by atoms with Gasteiger partial charge in [-0.2, -0.15) is 16.8 Å². The van der Waals surface area contributed by atoms with Crippen LogP contribution in [0.3, 0.4) is 0 Å². The summed E-state index contributed by atoms with van der Waals surface area (Å²) in [5, 5.41) is 3.14. The summed E-state index contributed by atoms with van der Waals surface area (Å²) >= 11 is 7.31. The number of unbranched alkanes of at least 4 members (excludes halogenated alkanes) is 2. The Balaban J connectivity index is 1.20. The van der Waals surface area contributed by atoms with Gasteiger partial charge in [0.1, 0.15) is 0 Å². The van der Waals surface area contributed by atoms with Crippen molar-refractivity contribution in [3.05, 3.63) is 130 Å². The minimum Gasteiger partial charge on any atom is -0.344 e. The summed E-state index contributed by atoms with van der Waals surface area (Å²) in [5.41, 5.74) is 7.74.